The normalized spacial score (nSPS) is 10.9. The van der Waals surface area contributed by atoms with Gasteiger partial charge in [0.15, 0.2) is 0 Å². The van der Waals surface area contributed by atoms with Gasteiger partial charge in [-0.2, -0.15) is 0 Å². The van der Waals surface area contributed by atoms with E-state index in [0.717, 1.165) is 5.75 Å². The van der Waals surface area contributed by atoms with Gasteiger partial charge in [0.05, 0.1) is 12.3 Å². The Morgan fingerprint density at radius 1 is 1.33 bits per heavy atom. The third-order valence-corrected chi connectivity index (χ3v) is 2.68. The SMILES string of the molecule is CCOc1ccc(-n2[nH]c(C(F)F)cc2=S)cc1. The third kappa shape index (κ3) is 2.59. The van der Waals surface area contributed by atoms with E-state index in [1.165, 1.54) is 10.7 Å². The molecule has 0 saturated carbocycles. The zero-order valence-corrected chi connectivity index (χ0v) is 10.5. The fourth-order valence-corrected chi connectivity index (χ4v) is 1.85. The highest BCUT2D eigenvalue weighted by Gasteiger charge is 2.11. The van der Waals surface area contributed by atoms with Crippen LogP contribution in [0.15, 0.2) is 30.3 Å². The fraction of sp³-hybridized carbons (Fsp3) is 0.250. The zero-order valence-electron chi connectivity index (χ0n) is 9.69. The van der Waals surface area contributed by atoms with Crippen LogP contribution in [0.5, 0.6) is 5.75 Å². The van der Waals surface area contributed by atoms with Crippen LogP contribution in [0.3, 0.4) is 0 Å². The number of hydrogen-bond donors (Lipinski definition) is 1. The lowest BCUT2D eigenvalue weighted by Crippen LogP contribution is -1.98. The van der Waals surface area contributed by atoms with E-state index < -0.39 is 6.43 Å². The number of hydrogen-bond acceptors (Lipinski definition) is 2. The molecule has 18 heavy (non-hydrogen) atoms. The van der Waals surface area contributed by atoms with Gasteiger partial charge in [-0.15, -0.1) is 0 Å². The molecular weight excluding hydrogens is 258 g/mol. The van der Waals surface area contributed by atoms with Gasteiger partial charge in [0.1, 0.15) is 16.1 Å². The van der Waals surface area contributed by atoms with E-state index in [9.17, 15) is 8.78 Å². The van der Waals surface area contributed by atoms with Gasteiger partial charge >= 0.3 is 0 Å². The third-order valence-electron chi connectivity index (χ3n) is 2.38. The number of halogens is 2. The lowest BCUT2D eigenvalue weighted by molar-refractivity contribution is 0.145. The lowest BCUT2D eigenvalue weighted by atomic mass is 10.3. The molecule has 96 valence electrons. The fourth-order valence-electron chi connectivity index (χ4n) is 1.58. The molecule has 0 aliphatic carbocycles. The van der Waals surface area contributed by atoms with Crippen molar-refractivity contribution in [2.75, 3.05) is 6.61 Å². The molecule has 1 heterocycles. The standard InChI is InChI=1S/C12H12F2N2OS/c1-2-17-9-5-3-8(4-6-9)16-11(18)7-10(15-16)12(13)14/h3-7,12,15H,2H2,1H3. The highest BCUT2D eigenvalue weighted by atomic mass is 32.1. The van der Waals surface area contributed by atoms with Gasteiger partial charge in [-0.05, 0) is 31.2 Å². The van der Waals surface area contributed by atoms with E-state index in [2.05, 4.69) is 5.10 Å². The Morgan fingerprint density at radius 3 is 2.50 bits per heavy atom. The second kappa shape index (κ2) is 5.30. The summed E-state index contributed by atoms with van der Waals surface area (Å²) in [4.78, 5) is 0. The highest BCUT2D eigenvalue weighted by molar-refractivity contribution is 7.71. The summed E-state index contributed by atoms with van der Waals surface area (Å²) in [5, 5.41) is 2.57. The number of H-pyrrole nitrogens is 1. The van der Waals surface area contributed by atoms with Crippen LogP contribution < -0.4 is 4.74 Å². The first-order valence-corrected chi connectivity index (χ1v) is 5.86. The lowest BCUT2D eigenvalue weighted by Gasteiger charge is -2.06. The van der Waals surface area contributed by atoms with E-state index >= 15 is 0 Å². The van der Waals surface area contributed by atoms with Crippen LogP contribution >= 0.6 is 12.2 Å². The number of benzene rings is 1. The van der Waals surface area contributed by atoms with Gasteiger partial charge in [-0.25, -0.2) is 13.5 Å². The van der Waals surface area contributed by atoms with Gasteiger partial charge in [0.2, 0.25) is 0 Å². The van der Waals surface area contributed by atoms with E-state index in [1.54, 1.807) is 24.3 Å². The number of nitrogens with one attached hydrogen (secondary N) is 1. The summed E-state index contributed by atoms with van der Waals surface area (Å²) in [7, 11) is 0. The molecule has 0 atom stereocenters. The minimum Gasteiger partial charge on any atom is -0.494 e. The summed E-state index contributed by atoms with van der Waals surface area (Å²) in [6.45, 7) is 2.47. The number of aromatic amines is 1. The smallest absolute Gasteiger partial charge is 0.279 e. The highest BCUT2D eigenvalue weighted by Crippen LogP contribution is 2.20. The Morgan fingerprint density at radius 2 is 2.00 bits per heavy atom. The molecule has 2 rings (SSSR count). The van der Waals surface area contributed by atoms with Crippen molar-refractivity contribution in [1.82, 2.24) is 9.78 Å². The first-order valence-electron chi connectivity index (χ1n) is 5.45. The van der Waals surface area contributed by atoms with Crippen LogP contribution in [0.25, 0.3) is 5.69 Å². The molecule has 0 unspecified atom stereocenters. The quantitative estimate of drug-likeness (QED) is 0.855. The molecular formula is C12H12F2N2OS. The Bertz CT molecular complexity index is 575. The van der Waals surface area contributed by atoms with Crippen molar-refractivity contribution in [1.29, 1.82) is 0 Å². The summed E-state index contributed by atoms with van der Waals surface area (Å²) < 4.78 is 32.1. The van der Waals surface area contributed by atoms with Crippen LogP contribution in [0.4, 0.5) is 8.78 Å². The van der Waals surface area contributed by atoms with Gasteiger partial charge in [0.25, 0.3) is 6.43 Å². The molecule has 0 aliphatic rings. The van der Waals surface area contributed by atoms with Gasteiger partial charge in [-0.3, -0.25) is 5.10 Å². The maximum Gasteiger partial charge on any atom is 0.279 e. The van der Waals surface area contributed by atoms with Crippen LogP contribution in [-0.2, 0) is 0 Å². The molecule has 0 saturated heterocycles. The van der Waals surface area contributed by atoms with Crippen molar-refractivity contribution < 1.29 is 13.5 Å². The van der Waals surface area contributed by atoms with Crippen LogP contribution in [0, 0.1) is 4.64 Å². The molecule has 1 aromatic heterocycles. The van der Waals surface area contributed by atoms with Crippen molar-refractivity contribution in [3.63, 3.8) is 0 Å². The van der Waals surface area contributed by atoms with E-state index in [0.29, 0.717) is 16.9 Å². The predicted octanol–water partition coefficient (Wildman–Crippen LogP) is 3.87. The first kappa shape index (κ1) is 12.8. The van der Waals surface area contributed by atoms with Crippen LogP contribution in [0.1, 0.15) is 19.0 Å². The second-order valence-corrected chi connectivity index (χ2v) is 4.03. The molecule has 0 aliphatic heterocycles. The molecule has 3 nitrogen and oxygen atoms in total. The molecule has 0 amide bonds. The largest absolute Gasteiger partial charge is 0.494 e. The Labute approximate surface area is 108 Å². The average molecular weight is 270 g/mol. The van der Waals surface area contributed by atoms with Crippen molar-refractivity contribution in [2.24, 2.45) is 0 Å². The summed E-state index contributed by atoms with van der Waals surface area (Å²) in [5.74, 6) is 0.730. The summed E-state index contributed by atoms with van der Waals surface area (Å²) in [6.07, 6.45) is -2.56. The maximum absolute atomic E-state index is 12.5. The van der Waals surface area contributed by atoms with E-state index in [1.807, 2.05) is 6.92 Å². The minimum atomic E-state index is -2.56. The number of rotatable bonds is 4. The van der Waals surface area contributed by atoms with E-state index in [-0.39, 0.29) is 5.69 Å². The van der Waals surface area contributed by atoms with Gasteiger partial charge in [-0.1, -0.05) is 12.2 Å². The number of aromatic nitrogens is 2. The molecule has 2 aromatic rings. The van der Waals surface area contributed by atoms with Crippen LogP contribution in [-0.4, -0.2) is 16.4 Å². The molecule has 0 bridgehead atoms. The Balaban J connectivity index is 2.33. The number of ether oxygens (including phenoxy) is 1. The summed E-state index contributed by atoms with van der Waals surface area (Å²) in [6, 6.07) is 8.31. The van der Waals surface area contributed by atoms with Gasteiger partial charge < -0.3 is 4.74 Å². The minimum absolute atomic E-state index is 0.186. The van der Waals surface area contributed by atoms with Crippen LogP contribution in [0.2, 0.25) is 0 Å². The predicted molar refractivity (Wildman–Crippen MR) is 67.1 cm³/mol. The van der Waals surface area contributed by atoms with Crippen molar-refractivity contribution in [3.8, 4) is 11.4 Å². The first-order chi connectivity index (χ1) is 8.61. The molecule has 0 fully saturated rings. The number of alkyl halides is 2. The topological polar surface area (TPSA) is 29.9 Å². The molecule has 1 aromatic carbocycles. The van der Waals surface area contributed by atoms with Crippen molar-refractivity contribution >= 4 is 12.2 Å². The second-order valence-electron chi connectivity index (χ2n) is 3.61. The molecule has 0 radical (unpaired) electrons. The summed E-state index contributed by atoms with van der Waals surface area (Å²) >= 11 is 5.03. The monoisotopic (exact) mass is 270 g/mol. The Kier molecular flexibility index (Phi) is 3.76. The van der Waals surface area contributed by atoms with Gasteiger partial charge in [0, 0.05) is 6.07 Å². The van der Waals surface area contributed by atoms with Crippen molar-refractivity contribution in [3.05, 3.63) is 40.7 Å². The van der Waals surface area contributed by atoms with E-state index in [4.69, 9.17) is 17.0 Å². The van der Waals surface area contributed by atoms with Crippen molar-refractivity contribution in [2.45, 2.75) is 13.3 Å². The average Bonchev–Trinajstić information content (AvgIpc) is 2.73. The maximum atomic E-state index is 12.5. The Hall–Kier alpha value is -1.69. The summed E-state index contributed by atoms with van der Waals surface area (Å²) in [5.41, 5.74) is 0.504. The molecule has 1 N–H and O–H groups in total. The number of nitrogens with zero attached hydrogens (tertiary/aromatic N) is 1. The molecule has 6 heteroatoms. The molecule has 0 spiro atoms. The zero-order chi connectivity index (χ0) is 13.1.